The van der Waals surface area contributed by atoms with Crippen LogP contribution in [-0.2, 0) is 9.59 Å². The fourth-order valence-electron chi connectivity index (χ4n) is 5.58. The highest BCUT2D eigenvalue weighted by Crippen LogP contribution is 2.50. The van der Waals surface area contributed by atoms with Gasteiger partial charge in [-0.25, -0.2) is 8.78 Å². The number of halogens is 2. The Kier molecular flexibility index (Phi) is 6.13. The Labute approximate surface area is 170 Å². The lowest BCUT2D eigenvalue weighted by atomic mass is 9.84. The average molecular weight is 405 g/mol. The van der Waals surface area contributed by atoms with Crippen molar-refractivity contribution in [3.8, 4) is 0 Å². The minimum absolute atomic E-state index is 0.161. The third kappa shape index (κ3) is 4.94. The van der Waals surface area contributed by atoms with Gasteiger partial charge in [0.15, 0.2) is 11.6 Å². The van der Waals surface area contributed by atoms with Crippen LogP contribution in [0.15, 0.2) is 18.2 Å². The number of nitrogens with one attached hydrogen (secondary N) is 2. The van der Waals surface area contributed by atoms with E-state index < -0.39 is 17.5 Å². The summed E-state index contributed by atoms with van der Waals surface area (Å²) in [7, 11) is 0. The second-order valence-electron chi connectivity index (χ2n) is 8.89. The molecule has 7 heteroatoms. The molecule has 1 aromatic rings. The molecule has 4 rings (SSSR count). The number of likely N-dealkylation sites (tertiary alicyclic amines) is 1. The first kappa shape index (κ1) is 20.3. The Morgan fingerprint density at radius 3 is 2.66 bits per heavy atom. The Balaban J connectivity index is 1.20. The first-order chi connectivity index (χ1) is 14.0. The van der Waals surface area contributed by atoms with E-state index in [1.165, 1.54) is 38.2 Å². The molecule has 0 aromatic heterocycles. The number of carbonyl (C=O) groups is 2. The number of fused-ring (bicyclic) bond motifs is 2. The molecule has 5 nitrogen and oxygen atoms in total. The van der Waals surface area contributed by atoms with Crippen molar-refractivity contribution < 1.29 is 18.4 Å². The third-order valence-corrected chi connectivity index (χ3v) is 6.95. The largest absolute Gasteiger partial charge is 0.346 e. The molecule has 0 radical (unpaired) electrons. The van der Waals surface area contributed by atoms with Gasteiger partial charge in [-0.15, -0.1) is 0 Å². The van der Waals surface area contributed by atoms with Crippen LogP contribution in [0.5, 0.6) is 0 Å². The number of anilines is 1. The molecule has 3 fully saturated rings. The first-order valence-electron chi connectivity index (χ1n) is 10.7. The molecule has 2 bridgehead atoms. The van der Waals surface area contributed by atoms with Gasteiger partial charge in [-0.3, -0.25) is 14.5 Å². The van der Waals surface area contributed by atoms with Crippen LogP contribution in [0.25, 0.3) is 0 Å². The number of hydrogen-bond acceptors (Lipinski definition) is 3. The van der Waals surface area contributed by atoms with E-state index in [4.69, 9.17) is 0 Å². The number of rotatable bonds is 7. The Hall–Kier alpha value is -2.02. The van der Waals surface area contributed by atoms with Crippen molar-refractivity contribution in [1.82, 2.24) is 10.2 Å². The molecule has 1 saturated heterocycles. The van der Waals surface area contributed by atoms with Gasteiger partial charge in [0.2, 0.25) is 11.8 Å². The van der Waals surface area contributed by atoms with Crippen LogP contribution < -0.4 is 10.6 Å². The van der Waals surface area contributed by atoms with Crippen molar-refractivity contribution in [3.63, 3.8) is 0 Å². The summed E-state index contributed by atoms with van der Waals surface area (Å²) < 4.78 is 26.1. The van der Waals surface area contributed by atoms with E-state index in [9.17, 15) is 18.4 Å². The summed E-state index contributed by atoms with van der Waals surface area (Å²) in [6.07, 6.45) is 9.04. The maximum Gasteiger partial charge on any atom is 0.243 e. The lowest BCUT2D eigenvalue weighted by Gasteiger charge is -2.30. The number of benzene rings is 1. The van der Waals surface area contributed by atoms with E-state index in [0.717, 1.165) is 49.3 Å². The van der Waals surface area contributed by atoms with Gasteiger partial charge in [0.25, 0.3) is 0 Å². The minimum atomic E-state index is -1.03. The molecule has 2 amide bonds. The van der Waals surface area contributed by atoms with E-state index in [1.54, 1.807) is 0 Å². The molecule has 2 saturated carbocycles. The quantitative estimate of drug-likeness (QED) is 0.732. The number of nitrogens with zero attached hydrogens (tertiary/aromatic N) is 1. The van der Waals surface area contributed by atoms with E-state index in [0.29, 0.717) is 12.6 Å². The van der Waals surface area contributed by atoms with Gasteiger partial charge in [-0.05, 0) is 75.0 Å². The SMILES string of the molecule is O=C(CN1CCCC1CC1CC2CCC1C2)NCC(=O)Nc1ccc(F)c(F)c1. The van der Waals surface area contributed by atoms with Crippen molar-refractivity contribution in [2.45, 2.75) is 51.0 Å². The topological polar surface area (TPSA) is 61.4 Å². The Bertz CT molecular complexity index is 772. The van der Waals surface area contributed by atoms with Gasteiger partial charge in [0, 0.05) is 17.8 Å². The van der Waals surface area contributed by atoms with Gasteiger partial charge in [0.05, 0.1) is 13.1 Å². The molecule has 2 aliphatic carbocycles. The van der Waals surface area contributed by atoms with Gasteiger partial charge in [-0.2, -0.15) is 0 Å². The lowest BCUT2D eigenvalue weighted by Crippen LogP contribution is -2.42. The summed E-state index contributed by atoms with van der Waals surface area (Å²) in [6.45, 7) is 1.05. The summed E-state index contributed by atoms with van der Waals surface area (Å²) in [5.41, 5.74) is 0.161. The molecular weight excluding hydrogens is 376 g/mol. The highest BCUT2D eigenvalue weighted by Gasteiger charge is 2.41. The van der Waals surface area contributed by atoms with E-state index in [2.05, 4.69) is 15.5 Å². The van der Waals surface area contributed by atoms with Crippen LogP contribution in [0.2, 0.25) is 0 Å². The highest BCUT2D eigenvalue weighted by atomic mass is 19.2. The van der Waals surface area contributed by atoms with Crippen LogP contribution in [0.3, 0.4) is 0 Å². The van der Waals surface area contributed by atoms with Crippen LogP contribution in [0, 0.1) is 29.4 Å². The van der Waals surface area contributed by atoms with Crippen LogP contribution >= 0.6 is 0 Å². The smallest absolute Gasteiger partial charge is 0.243 e. The summed E-state index contributed by atoms with van der Waals surface area (Å²) in [5.74, 6) is 0.0238. The van der Waals surface area contributed by atoms with Gasteiger partial charge >= 0.3 is 0 Å². The summed E-state index contributed by atoms with van der Waals surface area (Å²) >= 11 is 0. The van der Waals surface area contributed by atoms with E-state index >= 15 is 0 Å². The summed E-state index contributed by atoms with van der Waals surface area (Å²) in [4.78, 5) is 26.5. The fraction of sp³-hybridized carbons (Fsp3) is 0.636. The fourth-order valence-corrected chi connectivity index (χ4v) is 5.58. The zero-order valence-corrected chi connectivity index (χ0v) is 16.6. The zero-order chi connectivity index (χ0) is 20.4. The second kappa shape index (κ2) is 8.78. The number of carbonyl (C=O) groups excluding carboxylic acids is 2. The molecule has 29 heavy (non-hydrogen) atoms. The third-order valence-electron chi connectivity index (χ3n) is 6.95. The molecule has 4 atom stereocenters. The Morgan fingerprint density at radius 2 is 1.93 bits per heavy atom. The van der Waals surface area contributed by atoms with E-state index in [1.807, 2.05) is 0 Å². The van der Waals surface area contributed by atoms with Gasteiger partial charge in [0.1, 0.15) is 0 Å². The molecule has 1 aromatic carbocycles. The average Bonchev–Trinajstić information content (AvgIpc) is 3.41. The molecule has 4 unspecified atom stereocenters. The minimum Gasteiger partial charge on any atom is -0.346 e. The number of amides is 2. The van der Waals surface area contributed by atoms with Crippen molar-refractivity contribution in [1.29, 1.82) is 0 Å². The standard InChI is InChI=1S/C22H29F2N3O2/c23-19-6-5-17(11-20(19)24)26-21(28)12-25-22(29)13-27-7-1-2-18(27)10-16-9-14-3-4-15(16)8-14/h5-6,11,14-16,18H,1-4,7-10,12-13H2,(H,25,29)(H,26,28). The normalized spacial score (nSPS) is 28.6. The monoisotopic (exact) mass is 405 g/mol. The van der Waals surface area contributed by atoms with Crippen molar-refractivity contribution in [3.05, 3.63) is 29.8 Å². The molecule has 3 aliphatic rings. The predicted octanol–water partition coefficient (Wildman–Crippen LogP) is 3.31. The maximum absolute atomic E-state index is 13.2. The summed E-state index contributed by atoms with van der Waals surface area (Å²) in [6, 6.07) is 3.62. The molecule has 2 N–H and O–H groups in total. The van der Waals surface area contributed by atoms with Crippen molar-refractivity contribution in [2.24, 2.45) is 17.8 Å². The molecule has 158 valence electrons. The lowest BCUT2D eigenvalue weighted by molar-refractivity contribution is -0.125. The Morgan fingerprint density at radius 1 is 1.07 bits per heavy atom. The van der Waals surface area contributed by atoms with Crippen LogP contribution in [-0.4, -0.2) is 42.4 Å². The molecule has 0 spiro atoms. The van der Waals surface area contributed by atoms with Crippen molar-refractivity contribution >= 4 is 17.5 Å². The molecule has 1 aliphatic heterocycles. The predicted molar refractivity (Wildman–Crippen MR) is 106 cm³/mol. The first-order valence-corrected chi connectivity index (χ1v) is 10.7. The summed E-state index contributed by atoms with van der Waals surface area (Å²) in [5, 5.41) is 5.09. The maximum atomic E-state index is 13.2. The molecular formula is C22H29F2N3O2. The van der Waals surface area contributed by atoms with Gasteiger partial charge in [-0.1, -0.05) is 6.42 Å². The van der Waals surface area contributed by atoms with Gasteiger partial charge < -0.3 is 10.6 Å². The second-order valence-corrected chi connectivity index (χ2v) is 8.89. The molecule has 1 heterocycles. The van der Waals surface area contributed by atoms with Crippen molar-refractivity contribution in [2.75, 3.05) is 25.0 Å². The van der Waals surface area contributed by atoms with E-state index in [-0.39, 0.29) is 18.1 Å². The van der Waals surface area contributed by atoms with Crippen LogP contribution in [0.1, 0.15) is 44.9 Å². The highest BCUT2D eigenvalue weighted by molar-refractivity contribution is 5.94. The van der Waals surface area contributed by atoms with Crippen LogP contribution in [0.4, 0.5) is 14.5 Å². The zero-order valence-electron chi connectivity index (χ0n) is 16.6. The number of hydrogen-bond donors (Lipinski definition) is 2.